The molecule has 0 spiro atoms. The van der Waals surface area contributed by atoms with Crippen molar-refractivity contribution in [2.24, 2.45) is 7.05 Å². The minimum absolute atomic E-state index is 0.0217. The number of hydrogen-bond donors (Lipinski definition) is 2. The van der Waals surface area contributed by atoms with Crippen molar-refractivity contribution in [3.63, 3.8) is 0 Å². The fourth-order valence-corrected chi connectivity index (χ4v) is 4.21. The van der Waals surface area contributed by atoms with E-state index >= 15 is 0 Å². The van der Waals surface area contributed by atoms with E-state index < -0.39 is 17.3 Å². The van der Waals surface area contributed by atoms with Gasteiger partial charge in [0, 0.05) is 33.2 Å². The number of carbonyl (C=O) groups excluding carboxylic acids is 2. The van der Waals surface area contributed by atoms with Gasteiger partial charge in [-0.25, -0.2) is 15.0 Å². The Morgan fingerprint density at radius 3 is 2.52 bits per heavy atom. The van der Waals surface area contributed by atoms with Crippen LogP contribution in [0.1, 0.15) is 27.8 Å². The highest BCUT2D eigenvalue weighted by molar-refractivity contribution is 6.61. The van der Waals surface area contributed by atoms with E-state index in [-0.39, 0.29) is 28.7 Å². The number of ketones is 2. The van der Waals surface area contributed by atoms with Gasteiger partial charge in [-0.1, -0.05) is 0 Å². The maximum Gasteiger partial charge on any atom is 0.252 e. The number of hydrogen-bond acceptors (Lipinski definition) is 8. The highest BCUT2D eigenvalue weighted by Crippen LogP contribution is 2.33. The number of aliphatic hydroxyl groups excluding tert-OH is 1. The number of carbonyl (C=O) groups is 2. The van der Waals surface area contributed by atoms with Gasteiger partial charge < -0.3 is 24.5 Å². The van der Waals surface area contributed by atoms with Crippen molar-refractivity contribution < 1.29 is 14.7 Å². The second-order valence-corrected chi connectivity index (χ2v) is 7.98. The number of likely N-dealkylation sites (N-methyl/N-ethyl adjacent to an activating group) is 1. The Morgan fingerprint density at radius 1 is 1.06 bits per heavy atom. The van der Waals surface area contributed by atoms with Gasteiger partial charge in [-0.15, -0.1) is 11.6 Å². The molecule has 3 aromatic rings. The molecule has 1 fully saturated rings. The van der Waals surface area contributed by atoms with E-state index in [1.54, 1.807) is 7.05 Å². The van der Waals surface area contributed by atoms with E-state index in [0.717, 1.165) is 32.0 Å². The predicted octanol–water partition coefficient (Wildman–Crippen LogP) is 1.37. The highest BCUT2D eigenvalue weighted by atomic mass is 35.5. The lowest BCUT2D eigenvalue weighted by molar-refractivity contribution is -0.110. The maximum absolute atomic E-state index is 12.8. The molecule has 0 atom stereocenters. The third-order valence-corrected chi connectivity index (χ3v) is 6.05. The number of nitrogens with zero attached hydrogens (tertiary/aromatic N) is 6. The summed E-state index contributed by atoms with van der Waals surface area (Å²) < 4.78 is 1.43. The molecule has 1 saturated heterocycles. The Morgan fingerprint density at radius 2 is 1.81 bits per heavy atom. The molecule has 3 aromatic heterocycles. The summed E-state index contributed by atoms with van der Waals surface area (Å²) in [5, 5.41) is 10.8. The van der Waals surface area contributed by atoms with Gasteiger partial charge in [0.25, 0.3) is 5.78 Å². The molecule has 2 N–H and O–H groups in total. The Kier molecular flexibility index (Phi) is 4.56. The molecule has 1 aliphatic carbocycles. The first-order valence-electron chi connectivity index (χ1n) is 9.84. The van der Waals surface area contributed by atoms with Crippen LogP contribution >= 0.6 is 11.6 Å². The summed E-state index contributed by atoms with van der Waals surface area (Å²) in [4.78, 5) is 46.2. The van der Waals surface area contributed by atoms with Gasteiger partial charge in [-0.2, -0.15) is 0 Å². The fraction of sp³-hybridized carbons (Fsp3) is 0.350. The number of alkyl halides is 1. The van der Waals surface area contributed by atoms with Crippen LogP contribution in [0.3, 0.4) is 0 Å². The number of imidazole rings is 2. The molecular weight excluding hydrogens is 422 g/mol. The van der Waals surface area contributed by atoms with Crippen molar-refractivity contribution in [1.82, 2.24) is 29.4 Å². The molecule has 11 heteroatoms. The molecule has 10 nitrogen and oxygen atoms in total. The molecule has 160 valence electrons. The minimum atomic E-state index is -0.854. The molecule has 0 bridgehead atoms. The quantitative estimate of drug-likeness (QED) is 0.462. The number of piperazine rings is 1. The lowest BCUT2D eigenvalue weighted by Crippen LogP contribution is -2.44. The molecule has 0 unspecified atom stereocenters. The molecule has 0 amide bonds. The van der Waals surface area contributed by atoms with Crippen LogP contribution in [-0.2, 0) is 17.7 Å². The van der Waals surface area contributed by atoms with Gasteiger partial charge in [-0.3, -0.25) is 9.59 Å². The van der Waals surface area contributed by atoms with Crippen molar-refractivity contribution in [2.75, 3.05) is 38.1 Å². The number of H-pyrrole nitrogens is 1. The standard InChI is InChI=1S/C20H20ClN7O3/c1-26-5-7-28(8-6-26)11-4-3-10-19(24-11)25-20(22-10)13-16(29)14-15(18(31)17(13)30)27(2)12(9-21)23-14/h3-4,29H,5-9H2,1-2H3,(H,22,24,25). The number of Topliss-reactive ketones (excluding diaryl/α,β-unsaturated/α-hetero) is 2. The summed E-state index contributed by atoms with van der Waals surface area (Å²) in [5.41, 5.74) is 0.843. The van der Waals surface area contributed by atoms with Crippen LogP contribution in [0.4, 0.5) is 5.82 Å². The molecular formula is C20H20ClN7O3. The largest absolute Gasteiger partial charge is 0.505 e. The van der Waals surface area contributed by atoms with E-state index in [0.29, 0.717) is 17.0 Å². The van der Waals surface area contributed by atoms with Crippen LogP contribution in [0.25, 0.3) is 22.5 Å². The summed E-state index contributed by atoms with van der Waals surface area (Å²) in [5.74, 6) is -0.724. The average molecular weight is 442 g/mol. The van der Waals surface area contributed by atoms with Gasteiger partial charge >= 0.3 is 0 Å². The number of aromatic nitrogens is 5. The first-order valence-corrected chi connectivity index (χ1v) is 10.4. The highest BCUT2D eigenvalue weighted by Gasteiger charge is 2.39. The molecule has 0 aromatic carbocycles. The van der Waals surface area contributed by atoms with Gasteiger partial charge in [0.1, 0.15) is 34.4 Å². The van der Waals surface area contributed by atoms with Crippen molar-refractivity contribution in [2.45, 2.75) is 5.88 Å². The minimum Gasteiger partial charge on any atom is -0.505 e. The zero-order valence-electron chi connectivity index (χ0n) is 17.0. The monoisotopic (exact) mass is 441 g/mol. The molecule has 4 heterocycles. The van der Waals surface area contributed by atoms with Crippen molar-refractivity contribution in [3.8, 4) is 0 Å². The zero-order chi connectivity index (χ0) is 21.9. The topological polar surface area (TPSA) is 120 Å². The van der Waals surface area contributed by atoms with Crippen LogP contribution in [0.2, 0.25) is 0 Å². The number of aliphatic hydroxyl groups is 1. The first kappa shape index (κ1) is 19.7. The lowest BCUT2D eigenvalue weighted by atomic mass is 9.95. The lowest BCUT2D eigenvalue weighted by Gasteiger charge is -2.33. The van der Waals surface area contributed by atoms with E-state index in [2.05, 4.69) is 36.8 Å². The maximum atomic E-state index is 12.8. The van der Waals surface area contributed by atoms with E-state index in [4.69, 9.17) is 11.6 Å². The fourth-order valence-electron chi connectivity index (χ4n) is 3.97. The number of allylic oxidation sites excluding steroid dienone is 1. The van der Waals surface area contributed by atoms with E-state index in [9.17, 15) is 14.7 Å². The Labute approximate surface area is 182 Å². The molecule has 31 heavy (non-hydrogen) atoms. The van der Waals surface area contributed by atoms with Crippen LogP contribution in [-0.4, -0.2) is 79.3 Å². The Balaban J connectivity index is 1.58. The second kappa shape index (κ2) is 7.17. The van der Waals surface area contributed by atoms with Gasteiger partial charge in [-0.05, 0) is 19.2 Å². The first-order chi connectivity index (χ1) is 14.9. The van der Waals surface area contributed by atoms with Crippen molar-refractivity contribution >= 4 is 51.5 Å². The van der Waals surface area contributed by atoms with Gasteiger partial charge in [0.15, 0.2) is 11.4 Å². The summed E-state index contributed by atoms with van der Waals surface area (Å²) >= 11 is 5.87. The van der Waals surface area contributed by atoms with Crippen LogP contribution < -0.4 is 4.90 Å². The number of fused-ring (bicyclic) bond motifs is 2. The molecule has 5 rings (SSSR count). The average Bonchev–Trinajstić information content (AvgIpc) is 3.33. The number of pyridine rings is 1. The molecule has 0 radical (unpaired) electrons. The van der Waals surface area contributed by atoms with Crippen LogP contribution in [0.15, 0.2) is 12.1 Å². The summed E-state index contributed by atoms with van der Waals surface area (Å²) in [7, 11) is 3.66. The van der Waals surface area contributed by atoms with Gasteiger partial charge in [0.05, 0.1) is 11.4 Å². The van der Waals surface area contributed by atoms with Gasteiger partial charge in [0.2, 0.25) is 5.78 Å². The summed E-state index contributed by atoms with van der Waals surface area (Å²) in [6.45, 7) is 3.60. The van der Waals surface area contributed by atoms with Crippen molar-refractivity contribution in [3.05, 3.63) is 35.2 Å². The number of aromatic amines is 1. The number of nitrogens with one attached hydrogen (secondary N) is 1. The molecule has 1 aliphatic heterocycles. The SMILES string of the molecule is CN1CCN(c2ccc3[nH]c(C4=C(O)c5nc(CCl)n(C)c5C(=O)C4=O)nc3n2)CC1. The van der Waals surface area contributed by atoms with Crippen LogP contribution in [0.5, 0.6) is 0 Å². The normalized spacial score (nSPS) is 17.7. The van der Waals surface area contributed by atoms with E-state index in [1.807, 2.05) is 12.1 Å². The van der Waals surface area contributed by atoms with Crippen molar-refractivity contribution in [1.29, 1.82) is 0 Å². The molecule has 0 saturated carbocycles. The van der Waals surface area contributed by atoms with Crippen LogP contribution in [0, 0.1) is 0 Å². The third kappa shape index (κ3) is 3.02. The number of halogens is 1. The zero-order valence-corrected chi connectivity index (χ0v) is 17.8. The Hall–Kier alpha value is -3.24. The number of anilines is 1. The molecule has 2 aliphatic rings. The summed E-state index contributed by atoms with van der Waals surface area (Å²) in [6, 6.07) is 3.72. The summed E-state index contributed by atoms with van der Waals surface area (Å²) in [6.07, 6.45) is 0. The third-order valence-electron chi connectivity index (χ3n) is 5.81. The smallest absolute Gasteiger partial charge is 0.252 e. The van der Waals surface area contributed by atoms with E-state index in [1.165, 1.54) is 4.57 Å². The predicted molar refractivity (Wildman–Crippen MR) is 115 cm³/mol. The number of rotatable bonds is 3. The second-order valence-electron chi connectivity index (χ2n) is 7.72. The Bertz CT molecular complexity index is 1270.